The molecule has 0 aliphatic heterocycles. The van der Waals surface area contributed by atoms with Crippen molar-refractivity contribution in [3.8, 4) is 0 Å². The lowest BCUT2D eigenvalue weighted by Gasteiger charge is -2.24. The predicted molar refractivity (Wildman–Crippen MR) is 77.4 cm³/mol. The van der Waals surface area contributed by atoms with Gasteiger partial charge in [0.1, 0.15) is 5.60 Å². The topological polar surface area (TPSA) is 71.2 Å². The van der Waals surface area contributed by atoms with Crippen molar-refractivity contribution in [2.45, 2.75) is 32.9 Å². The van der Waals surface area contributed by atoms with E-state index in [4.69, 9.17) is 16.4 Å². The predicted octanol–water partition coefficient (Wildman–Crippen LogP) is 3.30. The molecule has 0 aliphatic rings. The molecular formula is C15H18N2O4. The molecule has 0 atom stereocenters. The standard InChI is InChI=1S/C15H18N2O4/c1-15(2,3)21-14(20)17(5)9-10-6-7-11(13(18)19)12(8-10)16-4/h6-8H,9H2,1-3,5H3,(H,18,19). The van der Waals surface area contributed by atoms with Crippen LogP contribution in [-0.4, -0.2) is 34.7 Å². The third kappa shape index (κ3) is 4.80. The van der Waals surface area contributed by atoms with E-state index in [-0.39, 0.29) is 17.8 Å². The van der Waals surface area contributed by atoms with Gasteiger partial charge in [-0.1, -0.05) is 18.2 Å². The Morgan fingerprint density at radius 3 is 2.48 bits per heavy atom. The summed E-state index contributed by atoms with van der Waals surface area (Å²) in [5.41, 5.74) is 0.0887. The molecule has 6 nitrogen and oxygen atoms in total. The summed E-state index contributed by atoms with van der Waals surface area (Å²) in [6.45, 7) is 12.6. The third-order valence-electron chi connectivity index (χ3n) is 2.54. The zero-order valence-electron chi connectivity index (χ0n) is 12.5. The second-order valence-electron chi connectivity index (χ2n) is 5.60. The number of rotatable bonds is 3. The molecule has 6 heteroatoms. The lowest BCUT2D eigenvalue weighted by atomic mass is 10.1. The molecule has 21 heavy (non-hydrogen) atoms. The SMILES string of the molecule is [C-]#[N+]c1cc(CN(C)C(=O)OC(C)(C)C)ccc1C(=O)O. The van der Waals surface area contributed by atoms with Crippen LogP contribution in [0.2, 0.25) is 0 Å². The molecular weight excluding hydrogens is 272 g/mol. The van der Waals surface area contributed by atoms with Crippen molar-refractivity contribution in [1.29, 1.82) is 0 Å². The normalized spacial score (nSPS) is 10.6. The van der Waals surface area contributed by atoms with Crippen LogP contribution in [0.4, 0.5) is 10.5 Å². The van der Waals surface area contributed by atoms with Gasteiger partial charge in [-0.15, -0.1) is 0 Å². The molecule has 1 rings (SSSR count). The van der Waals surface area contributed by atoms with E-state index in [0.29, 0.717) is 5.56 Å². The molecule has 0 saturated carbocycles. The zero-order valence-corrected chi connectivity index (χ0v) is 12.5. The summed E-state index contributed by atoms with van der Waals surface area (Å²) in [5, 5.41) is 8.96. The molecule has 112 valence electrons. The van der Waals surface area contributed by atoms with E-state index < -0.39 is 17.7 Å². The van der Waals surface area contributed by atoms with Crippen molar-refractivity contribution in [2.75, 3.05) is 7.05 Å². The Bertz CT molecular complexity index is 597. The highest BCUT2D eigenvalue weighted by atomic mass is 16.6. The highest BCUT2D eigenvalue weighted by molar-refractivity contribution is 5.94. The third-order valence-corrected chi connectivity index (χ3v) is 2.54. The number of aromatic carboxylic acids is 1. The first kappa shape index (κ1) is 16.5. The fourth-order valence-electron chi connectivity index (χ4n) is 1.63. The first-order valence-electron chi connectivity index (χ1n) is 6.32. The van der Waals surface area contributed by atoms with Gasteiger partial charge >= 0.3 is 12.1 Å². The van der Waals surface area contributed by atoms with E-state index in [9.17, 15) is 9.59 Å². The average molecular weight is 290 g/mol. The van der Waals surface area contributed by atoms with Gasteiger partial charge in [0.05, 0.1) is 12.1 Å². The van der Waals surface area contributed by atoms with Gasteiger partial charge in [-0.05, 0) is 26.3 Å². The number of benzene rings is 1. The lowest BCUT2D eigenvalue weighted by Crippen LogP contribution is -2.33. The van der Waals surface area contributed by atoms with Gasteiger partial charge in [0.15, 0.2) is 0 Å². The summed E-state index contributed by atoms with van der Waals surface area (Å²) < 4.78 is 5.22. The van der Waals surface area contributed by atoms with Crippen LogP contribution >= 0.6 is 0 Å². The molecule has 0 unspecified atom stereocenters. The highest BCUT2D eigenvalue weighted by Crippen LogP contribution is 2.22. The monoisotopic (exact) mass is 290 g/mol. The number of ether oxygens (including phenoxy) is 1. The largest absolute Gasteiger partial charge is 0.479 e. The smallest absolute Gasteiger partial charge is 0.410 e. The van der Waals surface area contributed by atoms with Crippen molar-refractivity contribution < 1.29 is 19.4 Å². The Hall–Kier alpha value is -2.55. The molecule has 0 saturated heterocycles. The number of carboxylic acid groups (broad SMARTS) is 1. The maximum atomic E-state index is 11.8. The minimum atomic E-state index is -1.15. The summed E-state index contributed by atoms with van der Waals surface area (Å²) in [4.78, 5) is 27.4. The van der Waals surface area contributed by atoms with Crippen LogP contribution in [0.25, 0.3) is 4.85 Å². The van der Waals surface area contributed by atoms with E-state index in [1.165, 1.54) is 17.0 Å². The molecule has 0 heterocycles. The average Bonchev–Trinajstić information content (AvgIpc) is 2.36. The first-order chi connectivity index (χ1) is 9.64. The van der Waals surface area contributed by atoms with Crippen LogP contribution in [0.5, 0.6) is 0 Å². The van der Waals surface area contributed by atoms with E-state index >= 15 is 0 Å². The summed E-state index contributed by atoms with van der Waals surface area (Å²) in [5.74, 6) is -1.15. The second-order valence-corrected chi connectivity index (χ2v) is 5.60. The number of nitrogens with zero attached hydrogens (tertiary/aromatic N) is 2. The van der Waals surface area contributed by atoms with Gasteiger partial charge in [-0.3, -0.25) is 0 Å². The van der Waals surface area contributed by atoms with Gasteiger partial charge < -0.3 is 14.7 Å². The van der Waals surface area contributed by atoms with Gasteiger partial charge in [-0.2, -0.15) is 0 Å². The molecule has 0 radical (unpaired) electrons. The molecule has 1 aromatic rings. The van der Waals surface area contributed by atoms with Crippen molar-refractivity contribution in [2.24, 2.45) is 0 Å². The zero-order chi connectivity index (χ0) is 16.2. The number of amides is 1. The molecule has 0 bridgehead atoms. The van der Waals surface area contributed by atoms with Crippen LogP contribution in [0.15, 0.2) is 18.2 Å². The van der Waals surface area contributed by atoms with Gasteiger partial charge in [-0.25, -0.2) is 14.4 Å². The van der Waals surface area contributed by atoms with Crippen molar-refractivity contribution in [3.05, 3.63) is 40.7 Å². The van der Waals surface area contributed by atoms with E-state index in [1.54, 1.807) is 33.9 Å². The fraction of sp³-hybridized carbons (Fsp3) is 0.400. The van der Waals surface area contributed by atoms with Gasteiger partial charge in [0, 0.05) is 13.6 Å². The molecule has 0 spiro atoms. The minimum Gasteiger partial charge on any atom is -0.479 e. The first-order valence-corrected chi connectivity index (χ1v) is 6.32. The number of carbonyl (C=O) groups is 2. The molecule has 0 aliphatic carbocycles. The Labute approximate surface area is 123 Å². The van der Waals surface area contributed by atoms with E-state index in [2.05, 4.69) is 4.85 Å². The van der Waals surface area contributed by atoms with Crippen molar-refractivity contribution >= 4 is 17.7 Å². The molecule has 1 amide bonds. The van der Waals surface area contributed by atoms with Crippen LogP contribution in [0.3, 0.4) is 0 Å². The van der Waals surface area contributed by atoms with E-state index in [0.717, 1.165) is 0 Å². The van der Waals surface area contributed by atoms with Crippen molar-refractivity contribution in [3.63, 3.8) is 0 Å². The van der Waals surface area contributed by atoms with Gasteiger partial charge in [0.25, 0.3) is 0 Å². The number of carboxylic acids is 1. The van der Waals surface area contributed by atoms with Crippen LogP contribution < -0.4 is 0 Å². The highest BCUT2D eigenvalue weighted by Gasteiger charge is 2.20. The number of hydrogen-bond acceptors (Lipinski definition) is 3. The Morgan fingerprint density at radius 1 is 1.38 bits per heavy atom. The lowest BCUT2D eigenvalue weighted by molar-refractivity contribution is 0.0284. The van der Waals surface area contributed by atoms with Crippen LogP contribution in [0.1, 0.15) is 36.7 Å². The van der Waals surface area contributed by atoms with Crippen LogP contribution in [0, 0.1) is 6.57 Å². The summed E-state index contributed by atoms with van der Waals surface area (Å²) >= 11 is 0. The van der Waals surface area contributed by atoms with Crippen molar-refractivity contribution in [1.82, 2.24) is 4.90 Å². The molecule has 1 N–H and O–H groups in total. The summed E-state index contributed by atoms with van der Waals surface area (Å²) in [6, 6.07) is 4.42. The maximum absolute atomic E-state index is 11.8. The summed E-state index contributed by atoms with van der Waals surface area (Å²) in [6.07, 6.45) is -0.478. The minimum absolute atomic E-state index is 0.0475. The second kappa shape index (κ2) is 6.27. The number of carbonyl (C=O) groups excluding carboxylic acids is 1. The number of hydrogen-bond donors (Lipinski definition) is 1. The molecule has 1 aromatic carbocycles. The van der Waals surface area contributed by atoms with Gasteiger partial charge in [0.2, 0.25) is 5.69 Å². The Balaban J connectivity index is 2.87. The van der Waals surface area contributed by atoms with Crippen LogP contribution in [-0.2, 0) is 11.3 Å². The summed E-state index contributed by atoms with van der Waals surface area (Å²) in [7, 11) is 1.58. The fourth-order valence-corrected chi connectivity index (χ4v) is 1.63. The maximum Gasteiger partial charge on any atom is 0.410 e. The van der Waals surface area contributed by atoms with E-state index in [1.807, 2.05) is 0 Å². The molecule has 0 aromatic heterocycles. The quantitative estimate of drug-likeness (QED) is 0.867. The Morgan fingerprint density at radius 2 is 2.00 bits per heavy atom. The molecule has 0 fully saturated rings. The Kier molecular flexibility index (Phi) is 4.93.